The predicted molar refractivity (Wildman–Crippen MR) is 191 cm³/mol. The van der Waals surface area contributed by atoms with Crippen LogP contribution in [0.5, 0.6) is 11.5 Å². The number of nitrogens with one attached hydrogen (secondary N) is 2. The van der Waals surface area contributed by atoms with Gasteiger partial charge in [0.25, 0.3) is 0 Å². The Bertz CT molecular complexity index is 1920. The van der Waals surface area contributed by atoms with E-state index in [0.29, 0.717) is 28.2 Å². The molecule has 0 aliphatic heterocycles. The Balaban J connectivity index is 0.000000290. The Kier molecular flexibility index (Phi) is 15.3. The van der Waals surface area contributed by atoms with Crippen LogP contribution in [0.3, 0.4) is 0 Å². The van der Waals surface area contributed by atoms with Gasteiger partial charge in [-0.2, -0.15) is 0 Å². The molecule has 0 saturated carbocycles. The molecule has 0 unspecified atom stereocenters. The largest absolute Gasteiger partial charge is 0.466 e. The fourth-order valence-corrected chi connectivity index (χ4v) is 6.24. The zero-order valence-corrected chi connectivity index (χ0v) is 30.4. The first-order valence-corrected chi connectivity index (χ1v) is 16.5. The molecule has 54 heavy (non-hydrogen) atoms. The number of nitrogens with zero attached hydrogens (tertiary/aromatic N) is 6. The molecule has 0 bridgehead atoms. The molecule has 0 radical (unpaired) electrons. The van der Waals surface area contributed by atoms with E-state index in [1.165, 1.54) is 41.9 Å². The van der Waals surface area contributed by atoms with E-state index in [1.54, 1.807) is 60.7 Å². The quantitative estimate of drug-likeness (QED) is 0.111. The first-order valence-electron chi connectivity index (χ1n) is 16.5. The van der Waals surface area contributed by atoms with Gasteiger partial charge < -0.3 is 29.6 Å². The van der Waals surface area contributed by atoms with Crippen molar-refractivity contribution in [3.05, 3.63) is 104 Å². The summed E-state index contributed by atoms with van der Waals surface area (Å²) in [7, 11) is 2.53. The van der Waals surface area contributed by atoms with E-state index in [4.69, 9.17) is 30.0 Å². The minimum atomic E-state index is -0.714. The molecule has 6 atom stereocenters. The normalized spacial score (nSPS) is 21.3. The number of esters is 4. The maximum absolute atomic E-state index is 12.1. The Morgan fingerprint density at radius 3 is 1.57 bits per heavy atom. The van der Waals surface area contributed by atoms with Gasteiger partial charge in [-0.3, -0.25) is 19.2 Å². The van der Waals surface area contributed by atoms with Crippen molar-refractivity contribution in [1.29, 1.82) is 0 Å². The molecule has 2 N–H and O–H groups in total. The number of hydrogen-bond donors (Lipinski definition) is 2. The topological polar surface area (TPSA) is 261 Å². The minimum Gasteiger partial charge on any atom is -0.466 e. The molecule has 2 aromatic carbocycles. The van der Waals surface area contributed by atoms with Crippen LogP contribution in [0.2, 0.25) is 0 Å². The molecule has 0 fully saturated rings. The Hall–Kier alpha value is -6.64. The highest BCUT2D eigenvalue weighted by Crippen LogP contribution is 2.38. The van der Waals surface area contributed by atoms with Crippen LogP contribution in [0.15, 0.2) is 82.1 Å². The van der Waals surface area contributed by atoms with Crippen LogP contribution in [-0.4, -0.2) is 74.1 Å². The number of rotatable bonds is 10. The lowest BCUT2D eigenvalue weighted by Crippen LogP contribution is -2.47. The molecule has 2 aliphatic rings. The lowest BCUT2D eigenvalue weighted by Gasteiger charge is -2.35. The summed E-state index contributed by atoms with van der Waals surface area (Å²) in [6.07, 6.45) is 3.63. The van der Waals surface area contributed by atoms with E-state index in [9.17, 15) is 28.8 Å². The van der Waals surface area contributed by atoms with Gasteiger partial charge in [0, 0.05) is 78.1 Å². The smallest absolute Gasteiger partial charge is 0.333 e. The maximum Gasteiger partial charge on any atom is 0.333 e. The van der Waals surface area contributed by atoms with Crippen molar-refractivity contribution in [3.8, 4) is 11.5 Å². The molecule has 0 aromatic heterocycles. The maximum atomic E-state index is 12.1. The summed E-state index contributed by atoms with van der Waals surface area (Å²) in [5.41, 5.74) is 19.8. The molecule has 2 amide bonds. The molecule has 0 saturated heterocycles. The van der Waals surface area contributed by atoms with E-state index in [-0.39, 0.29) is 24.7 Å². The number of carbonyl (C=O) groups is 6. The average Bonchev–Trinajstić information content (AvgIpc) is 3.12. The zero-order valence-electron chi connectivity index (χ0n) is 30.4. The van der Waals surface area contributed by atoms with Gasteiger partial charge in [0.2, 0.25) is 11.8 Å². The fourth-order valence-electron chi connectivity index (χ4n) is 6.24. The van der Waals surface area contributed by atoms with Gasteiger partial charge in [0.1, 0.15) is 11.5 Å². The number of carbonyl (C=O) groups excluding carboxylic acids is 6. The van der Waals surface area contributed by atoms with Gasteiger partial charge >= 0.3 is 23.9 Å². The molecule has 2 aromatic rings. The third-order valence-corrected chi connectivity index (χ3v) is 8.32. The SMILES string of the molecule is COC(=O)C1=C[C@@H](c2ccc(OC(C)=O)cc2)[C@H](NC(C)=O)[C@@H](N=[N+]=[N-])C1.COC(=O)C1=C[C@@H](c2ccccc2OC(C)=O)[C@H](NC(C)=O)[C@@H](N=[N+]=[N-])C1. The van der Waals surface area contributed by atoms with Gasteiger partial charge in [-0.25, -0.2) is 9.59 Å². The Morgan fingerprint density at radius 1 is 0.667 bits per heavy atom. The Morgan fingerprint density at radius 2 is 1.13 bits per heavy atom. The molecule has 0 spiro atoms. The second-order valence-electron chi connectivity index (χ2n) is 12.1. The van der Waals surface area contributed by atoms with Crippen LogP contribution >= 0.6 is 0 Å². The minimum absolute atomic E-state index is 0.119. The molecule has 2 aliphatic carbocycles. The second kappa shape index (κ2) is 19.8. The molecule has 0 heterocycles. The summed E-state index contributed by atoms with van der Waals surface area (Å²) in [5, 5.41) is 13.1. The van der Waals surface area contributed by atoms with Crippen molar-refractivity contribution in [1.82, 2.24) is 10.6 Å². The lowest BCUT2D eigenvalue weighted by atomic mass is 9.78. The number of azide groups is 2. The predicted octanol–water partition coefficient (Wildman–Crippen LogP) is 4.76. The number of hydrogen-bond acceptors (Lipinski definition) is 12. The van der Waals surface area contributed by atoms with Crippen molar-refractivity contribution < 1.29 is 47.7 Å². The highest BCUT2D eigenvalue weighted by molar-refractivity contribution is 5.90. The van der Waals surface area contributed by atoms with Crippen LogP contribution in [0.25, 0.3) is 20.9 Å². The fraction of sp³-hybridized carbons (Fsp3) is 0.389. The number of ether oxygens (including phenoxy) is 4. The standard InChI is InChI=1S/2C18H20N4O5/c1-10(23)20-17-15(12-4-6-14(7-5-12)27-11(2)24)8-13(18(25)26-3)9-16(17)21-22-19;1-10(23)20-17-14(13-6-4-5-7-16(13)27-11(2)24)8-12(18(25)26-3)9-15(17)21-22-19/h4-8,15-17H,9H2,1-3H3,(H,20,23);4-8,14-15,17H,9H2,1-3H3,(H,20,23)/t15-,16-,17-;14-,15-,17-/m00/s1. The lowest BCUT2D eigenvalue weighted by molar-refractivity contribution is -0.137. The number of methoxy groups -OCH3 is 2. The third-order valence-electron chi connectivity index (χ3n) is 8.32. The third kappa shape index (κ3) is 11.4. The van der Waals surface area contributed by atoms with E-state index in [2.05, 4.69) is 30.7 Å². The zero-order chi connectivity index (χ0) is 39.9. The molecule has 18 nitrogen and oxygen atoms in total. The highest BCUT2D eigenvalue weighted by atomic mass is 16.5. The summed E-state index contributed by atoms with van der Waals surface area (Å²) < 4.78 is 19.9. The van der Waals surface area contributed by atoms with E-state index in [1.807, 2.05) is 0 Å². The molecular formula is C36H40N8O10. The molecular weight excluding hydrogens is 704 g/mol. The van der Waals surface area contributed by atoms with Crippen molar-refractivity contribution in [2.45, 2.75) is 76.5 Å². The van der Waals surface area contributed by atoms with Crippen molar-refractivity contribution >= 4 is 35.7 Å². The van der Waals surface area contributed by atoms with Gasteiger partial charge in [-0.15, -0.1) is 0 Å². The number of amides is 2. The summed E-state index contributed by atoms with van der Waals surface area (Å²) in [5.74, 6) is -2.93. The highest BCUT2D eigenvalue weighted by Gasteiger charge is 2.38. The summed E-state index contributed by atoms with van der Waals surface area (Å²) in [6.45, 7) is 5.30. The second-order valence-corrected chi connectivity index (χ2v) is 12.1. The van der Waals surface area contributed by atoms with Gasteiger partial charge in [-0.05, 0) is 47.7 Å². The van der Waals surface area contributed by atoms with Crippen molar-refractivity contribution in [2.75, 3.05) is 14.2 Å². The number of para-hydroxylation sites is 1. The summed E-state index contributed by atoms with van der Waals surface area (Å²) in [6, 6.07) is 10.9. The number of benzene rings is 2. The molecule has 284 valence electrons. The van der Waals surface area contributed by atoms with Crippen molar-refractivity contribution in [3.63, 3.8) is 0 Å². The molecule has 18 heteroatoms. The monoisotopic (exact) mass is 744 g/mol. The van der Waals surface area contributed by atoms with Gasteiger partial charge in [0.05, 0.1) is 26.3 Å². The Labute approximate surface area is 310 Å². The van der Waals surface area contributed by atoms with Crippen LogP contribution in [0.1, 0.15) is 63.5 Å². The van der Waals surface area contributed by atoms with Crippen LogP contribution < -0.4 is 20.1 Å². The van der Waals surface area contributed by atoms with Crippen molar-refractivity contribution in [2.24, 2.45) is 10.2 Å². The first-order chi connectivity index (χ1) is 25.7. The van der Waals surface area contributed by atoms with E-state index < -0.39 is 59.9 Å². The average molecular weight is 745 g/mol. The first kappa shape index (κ1) is 41.8. The van der Waals surface area contributed by atoms with E-state index in [0.717, 1.165) is 5.56 Å². The summed E-state index contributed by atoms with van der Waals surface area (Å²) in [4.78, 5) is 75.7. The van der Waals surface area contributed by atoms with Gasteiger partial charge in [0.15, 0.2) is 0 Å². The molecule has 4 rings (SSSR count). The summed E-state index contributed by atoms with van der Waals surface area (Å²) >= 11 is 0. The van der Waals surface area contributed by atoms with Crippen LogP contribution in [0.4, 0.5) is 0 Å². The van der Waals surface area contributed by atoms with Crippen LogP contribution in [-0.2, 0) is 38.2 Å². The van der Waals surface area contributed by atoms with Crippen LogP contribution in [0, 0.1) is 0 Å². The van der Waals surface area contributed by atoms with Gasteiger partial charge in [-0.1, -0.05) is 52.7 Å². The van der Waals surface area contributed by atoms with E-state index >= 15 is 0 Å².